The first kappa shape index (κ1) is 29.1. The van der Waals surface area contributed by atoms with Gasteiger partial charge in [-0.1, -0.05) is 63.9 Å². The van der Waals surface area contributed by atoms with E-state index in [4.69, 9.17) is 11.6 Å². The number of anilines is 2. The predicted molar refractivity (Wildman–Crippen MR) is 167 cm³/mol. The van der Waals surface area contributed by atoms with E-state index in [1.807, 2.05) is 61.5 Å². The van der Waals surface area contributed by atoms with Crippen LogP contribution in [0.3, 0.4) is 0 Å². The lowest BCUT2D eigenvalue weighted by Gasteiger charge is -2.12. The molecule has 0 spiro atoms. The van der Waals surface area contributed by atoms with Gasteiger partial charge in [-0.2, -0.15) is 0 Å². The Morgan fingerprint density at radius 2 is 1.52 bits per heavy atom. The largest absolute Gasteiger partial charge is 0.325 e. The topological polar surface area (TPSA) is 87.3 Å². The molecule has 4 aromatic carbocycles. The van der Waals surface area contributed by atoms with Crippen molar-refractivity contribution in [2.45, 2.75) is 11.8 Å². The van der Waals surface area contributed by atoms with Crippen molar-refractivity contribution >= 4 is 74.5 Å². The zero-order valence-corrected chi connectivity index (χ0v) is 24.6. The summed E-state index contributed by atoms with van der Waals surface area (Å²) >= 11 is 10.9. The second kappa shape index (κ2) is 14.0. The van der Waals surface area contributed by atoms with Crippen LogP contribution in [-0.2, 0) is 9.59 Å². The minimum absolute atomic E-state index is 0.0995. The van der Waals surface area contributed by atoms with E-state index in [-0.39, 0.29) is 17.4 Å². The summed E-state index contributed by atoms with van der Waals surface area (Å²) in [5.74, 6) is -0.803. The summed E-state index contributed by atoms with van der Waals surface area (Å²) in [7, 11) is 0. The zero-order chi connectivity index (χ0) is 28.5. The van der Waals surface area contributed by atoms with Crippen molar-refractivity contribution in [2.24, 2.45) is 0 Å². The molecule has 40 heavy (non-hydrogen) atoms. The Balaban J connectivity index is 1.39. The standard InChI is InChI=1S/C31H25BrClN3O3S/c1-20-7-12-25(18-27(20)33)34-29(37)19-40-26-15-13-24(14-16-26)35-31(39)28(17-21-8-10-23(32)11-9-21)36-30(38)22-5-3-2-4-6-22/h2-18H,19H2,1H3,(H,34,37)(H,35,39)(H,36,38)/b28-17-. The Morgan fingerprint density at radius 3 is 2.20 bits per heavy atom. The van der Waals surface area contributed by atoms with Crippen molar-refractivity contribution in [3.05, 3.63) is 129 Å². The number of amides is 3. The average molecular weight is 635 g/mol. The Kier molecular flexibility index (Phi) is 10.2. The van der Waals surface area contributed by atoms with Crippen molar-refractivity contribution in [3.63, 3.8) is 0 Å². The summed E-state index contributed by atoms with van der Waals surface area (Å²) in [6.45, 7) is 1.90. The number of aryl methyl sites for hydroxylation is 1. The van der Waals surface area contributed by atoms with Crippen LogP contribution in [0, 0.1) is 6.92 Å². The number of nitrogens with one attached hydrogen (secondary N) is 3. The van der Waals surface area contributed by atoms with Gasteiger partial charge < -0.3 is 16.0 Å². The van der Waals surface area contributed by atoms with E-state index in [0.717, 1.165) is 20.5 Å². The second-order valence-corrected chi connectivity index (χ2v) is 11.1. The van der Waals surface area contributed by atoms with E-state index in [9.17, 15) is 14.4 Å². The van der Waals surface area contributed by atoms with Crippen LogP contribution in [-0.4, -0.2) is 23.5 Å². The molecule has 0 heterocycles. The molecular formula is C31H25BrClN3O3S. The molecule has 0 aromatic heterocycles. The lowest BCUT2D eigenvalue weighted by Crippen LogP contribution is -2.30. The van der Waals surface area contributed by atoms with Crippen molar-refractivity contribution < 1.29 is 14.4 Å². The maximum Gasteiger partial charge on any atom is 0.272 e. The molecule has 6 nitrogen and oxygen atoms in total. The van der Waals surface area contributed by atoms with Gasteiger partial charge in [0.05, 0.1) is 5.75 Å². The van der Waals surface area contributed by atoms with Gasteiger partial charge >= 0.3 is 0 Å². The number of carbonyl (C=O) groups excluding carboxylic acids is 3. The summed E-state index contributed by atoms with van der Waals surface area (Å²) < 4.78 is 0.902. The molecule has 0 atom stereocenters. The molecule has 0 aliphatic heterocycles. The maximum atomic E-state index is 13.2. The number of thioether (sulfide) groups is 1. The van der Waals surface area contributed by atoms with Crippen molar-refractivity contribution in [2.75, 3.05) is 16.4 Å². The van der Waals surface area contributed by atoms with E-state index in [1.165, 1.54) is 11.8 Å². The molecule has 0 saturated heterocycles. The highest BCUT2D eigenvalue weighted by Crippen LogP contribution is 2.23. The fourth-order valence-corrected chi connectivity index (χ4v) is 4.66. The molecule has 3 amide bonds. The van der Waals surface area contributed by atoms with Gasteiger partial charge in [-0.25, -0.2) is 0 Å². The van der Waals surface area contributed by atoms with Crippen LogP contribution in [0.4, 0.5) is 11.4 Å². The minimum atomic E-state index is -0.469. The van der Waals surface area contributed by atoms with Gasteiger partial charge in [-0.3, -0.25) is 14.4 Å². The minimum Gasteiger partial charge on any atom is -0.325 e. The molecule has 0 saturated carbocycles. The summed E-state index contributed by atoms with van der Waals surface area (Å²) in [5.41, 5.74) is 3.42. The molecule has 0 aliphatic rings. The highest BCUT2D eigenvalue weighted by molar-refractivity contribution is 9.10. The lowest BCUT2D eigenvalue weighted by molar-refractivity contribution is -0.114. The Hall–Kier alpha value is -3.85. The van der Waals surface area contributed by atoms with Crippen LogP contribution in [0.15, 0.2) is 112 Å². The van der Waals surface area contributed by atoms with Crippen molar-refractivity contribution in [1.82, 2.24) is 5.32 Å². The van der Waals surface area contributed by atoms with Crippen LogP contribution in [0.25, 0.3) is 6.08 Å². The molecule has 202 valence electrons. The molecule has 0 fully saturated rings. The Labute approximate surface area is 250 Å². The molecule has 0 bridgehead atoms. The molecule has 0 radical (unpaired) electrons. The first-order chi connectivity index (χ1) is 19.3. The molecule has 3 N–H and O–H groups in total. The fourth-order valence-electron chi connectivity index (χ4n) is 3.52. The van der Waals surface area contributed by atoms with E-state index >= 15 is 0 Å². The smallest absolute Gasteiger partial charge is 0.272 e. The summed E-state index contributed by atoms with van der Waals surface area (Å²) in [4.78, 5) is 39.2. The third-order valence-corrected chi connectivity index (χ3v) is 7.60. The Bertz CT molecular complexity index is 1540. The van der Waals surface area contributed by atoms with Gasteiger partial charge in [-0.15, -0.1) is 11.8 Å². The van der Waals surface area contributed by atoms with E-state index in [0.29, 0.717) is 22.0 Å². The molecular weight excluding hydrogens is 610 g/mol. The van der Waals surface area contributed by atoms with E-state index < -0.39 is 11.8 Å². The number of hydrogen-bond acceptors (Lipinski definition) is 4. The quantitative estimate of drug-likeness (QED) is 0.131. The normalized spacial score (nSPS) is 11.0. The predicted octanol–water partition coefficient (Wildman–Crippen LogP) is 7.55. The fraction of sp³-hybridized carbons (Fsp3) is 0.0645. The molecule has 9 heteroatoms. The number of rotatable bonds is 9. The van der Waals surface area contributed by atoms with Crippen molar-refractivity contribution in [3.8, 4) is 0 Å². The number of benzene rings is 4. The van der Waals surface area contributed by atoms with Gasteiger partial charge in [0.2, 0.25) is 5.91 Å². The first-order valence-corrected chi connectivity index (χ1v) is 14.4. The van der Waals surface area contributed by atoms with Crippen LogP contribution in [0.1, 0.15) is 21.5 Å². The second-order valence-electron chi connectivity index (χ2n) is 8.71. The van der Waals surface area contributed by atoms with Crippen LogP contribution in [0.2, 0.25) is 5.02 Å². The van der Waals surface area contributed by atoms with Crippen LogP contribution in [0.5, 0.6) is 0 Å². The van der Waals surface area contributed by atoms with Crippen molar-refractivity contribution in [1.29, 1.82) is 0 Å². The third kappa shape index (κ3) is 8.58. The van der Waals surface area contributed by atoms with Crippen LogP contribution >= 0.6 is 39.3 Å². The van der Waals surface area contributed by atoms with Crippen LogP contribution < -0.4 is 16.0 Å². The van der Waals surface area contributed by atoms with Gasteiger partial charge in [0.1, 0.15) is 5.70 Å². The molecule has 0 unspecified atom stereocenters. The zero-order valence-electron chi connectivity index (χ0n) is 21.4. The summed E-state index contributed by atoms with van der Waals surface area (Å²) in [5, 5.41) is 8.99. The average Bonchev–Trinajstić information content (AvgIpc) is 2.96. The lowest BCUT2D eigenvalue weighted by atomic mass is 10.1. The van der Waals surface area contributed by atoms with Gasteiger partial charge in [-0.05, 0) is 84.8 Å². The maximum absolute atomic E-state index is 13.2. The highest BCUT2D eigenvalue weighted by atomic mass is 79.9. The van der Waals surface area contributed by atoms with Gasteiger partial charge in [0, 0.05) is 31.3 Å². The highest BCUT2D eigenvalue weighted by Gasteiger charge is 2.15. The molecule has 0 aliphatic carbocycles. The monoisotopic (exact) mass is 633 g/mol. The van der Waals surface area contributed by atoms with E-state index in [1.54, 1.807) is 48.5 Å². The molecule has 4 rings (SSSR count). The first-order valence-electron chi connectivity index (χ1n) is 12.2. The number of halogens is 2. The summed E-state index contributed by atoms with van der Waals surface area (Å²) in [6, 6.07) is 28.6. The summed E-state index contributed by atoms with van der Waals surface area (Å²) in [6.07, 6.45) is 1.62. The molecule has 4 aromatic rings. The van der Waals surface area contributed by atoms with Gasteiger partial charge in [0.25, 0.3) is 11.8 Å². The third-order valence-electron chi connectivity index (χ3n) is 5.65. The Morgan fingerprint density at radius 1 is 0.850 bits per heavy atom. The SMILES string of the molecule is Cc1ccc(NC(=O)CSc2ccc(NC(=O)/C(=C/c3ccc(Br)cc3)NC(=O)c3ccccc3)cc2)cc1Cl. The van der Waals surface area contributed by atoms with Gasteiger partial charge in [0.15, 0.2) is 0 Å². The number of carbonyl (C=O) groups is 3. The number of hydrogen-bond donors (Lipinski definition) is 3. The van der Waals surface area contributed by atoms with E-state index in [2.05, 4.69) is 31.9 Å².